The first kappa shape index (κ1) is 32.0. The monoisotopic (exact) mass is 447 g/mol. The molecular formula is C21H44NaO6S. The Morgan fingerprint density at radius 1 is 0.690 bits per heavy atom. The zero-order chi connectivity index (χ0) is 20.9. The van der Waals surface area contributed by atoms with Crippen molar-refractivity contribution in [3.05, 3.63) is 0 Å². The minimum atomic E-state index is -4.08. The molecule has 0 saturated carbocycles. The molecule has 0 aromatic carbocycles. The van der Waals surface area contributed by atoms with Gasteiger partial charge in [-0.05, 0) is 6.42 Å². The van der Waals surface area contributed by atoms with Crippen molar-refractivity contribution in [3.8, 4) is 0 Å². The van der Waals surface area contributed by atoms with Gasteiger partial charge in [-0.25, -0.2) is 8.37 Å². The quantitative estimate of drug-likeness (QED) is 0.187. The fourth-order valence-electron chi connectivity index (χ4n) is 3.06. The van der Waals surface area contributed by atoms with Crippen molar-refractivity contribution in [1.29, 1.82) is 0 Å². The Labute approximate surface area is 201 Å². The summed E-state index contributed by atoms with van der Waals surface area (Å²) in [4.78, 5) is 0. The van der Waals surface area contributed by atoms with Gasteiger partial charge in [-0.15, -0.1) is 0 Å². The molecule has 0 rings (SSSR count). The van der Waals surface area contributed by atoms with E-state index in [1.807, 2.05) is 0 Å². The van der Waals surface area contributed by atoms with Crippen LogP contribution in [0.3, 0.4) is 0 Å². The summed E-state index contributed by atoms with van der Waals surface area (Å²) in [5.41, 5.74) is 0. The topological polar surface area (TPSA) is 93.1 Å². The Hall–Kier alpha value is 0.790. The van der Waals surface area contributed by atoms with E-state index in [9.17, 15) is 8.42 Å². The minimum absolute atomic E-state index is 0. The zero-order valence-corrected chi connectivity index (χ0v) is 21.8. The molecule has 1 atom stereocenters. The number of aliphatic hydroxyl groups excluding tert-OH is 2. The number of rotatable bonds is 22. The van der Waals surface area contributed by atoms with Crippen LogP contribution in [0.25, 0.3) is 0 Å². The molecule has 0 bridgehead atoms. The van der Waals surface area contributed by atoms with Gasteiger partial charge in [0.1, 0.15) is 6.10 Å². The summed E-state index contributed by atoms with van der Waals surface area (Å²) in [6.45, 7) is 1.32. The molecule has 0 aliphatic carbocycles. The average Bonchev–Trinajstić information content (AvgIpc) is 2.68. The maximum atomic E-state index is 11.4. The van der Waals surface area contributed by atoms with Gasteiger partial charge in [-0.2, -0.15) is 8.42 Å². The summed E-state index contributed by atoms with van der Waals surface area (Å²) in [5.74, 6) is 0. The zero-order valence-electron chi connectivity index (χ0n) is 18.9. The Morgan fingerprint density at radius 3 is 1.45 bits per heavy atom. The summed E-state index contributed by atoms with van der Waals surface area (Å²) in [6, 6.07) is 0. The van der Waals surface area contributed by atoms with E-state index >= 15 is 0 Å². The molecule has 1 unspecified atom stereocenters. The van der Waals surface area contributed by atoms with Crippen molar-refractivity contribution < 1.29 is 27.0 Å². The summed E-state index contributed by atoms with van der Waals surface area (Å²) in [6.07, 6.45) is 19.0. The first-order valence-electron chi connectivity index (χ1n) is 11.3. The molecule has 29 heavy (non-hydrogen) atoms. The van der Waals surface area contributed by atoms with Crippen LogP contribution in [-0.4, -0.2) is 74.1 Å². The van der Waals surface area contributed by atoms with Crippen LogP contribution < -0.4 is 0 Å². The number of unbranched alkanes of at least 4 members (excludes halogenated alkanes) is 15. The van der Waals surface area contributed by atoms with Crippen molar-refractivity contribution in [3.63, 3.8) is 0 Å². The van der Waals surface area contributed by atoms with E-state index in [1.165, 1.54) is 83.5 Å². The molecular weight excluding hydrogens is 403 g/mol. The third kappa shape index (κ3) is 24.9. The maximum absolute atomic E-state index is 11.4. The van der Waals surface area contributed by atoms with Crippen LogP contribution >= 0.6 is 0 Å². The van der Waals surface area contributed by atoms with Crippen molar-refractivity contribution in [2.24, 2.45) is 0 Å². The van der Waals surface area contributed by atoms with Crippen LogP contribution in [0, 0.1) is 0 Å². The fourth-order valence-corrected chi connectivity index (χ4v) is 3.77. The molecule has 0 aromatic heterocycles. The van der Waals surface area contributed by atoms with Gasteiger partial charge < -0.3 is 10.2 Å². The van der Waals surface area contributed by atoms with Crippen molar-refractivity contribution >= 4 is 40.0 Å². The smallest absolute Gasteiger partial charge is 0.394 e. The molecule has 0 heterocycles. The summed E-state index contributed by atoms with van der Waals surface area (Å²) in [5, 5.41) is 17.6. The van der Waals surface area contributed by atoms with Gasteiger partial charge in [0.05, 0.1) is 19.8 Å². The molecule has 6 nitrogen and oxygen atoms in total. The van der Waals surface area contributed by atoms with Gasteiger partial charge in [0, 0.05) is 29.6 Å². The van der Waals surface area contributed by atoms with Crippen LogP contribution in [-0.2, 0) is 18.8 Å². The first-order chi connectivity index (χ1) is 13.5. The molecule has 0 aliphatic rings. The largest absolute Gasteiger partial charge is 0.399 e. The van der Waals surface area contributed by atoms with Gasteiger partial charge in [0.2, 0.25) is 0 Å². The van der Waals surface area contributed by atoms with E-state index in [1.54, 1.807) is 0 Å². The molecule has 171 valence electrons. The van der Waals surface area contributed by atoms with Gasteiger partial charge in [-0.3, -0.25) is 0 Å². The maximum Gasteiger partial charge on any atom is 0.399 e. The number of hydrogen-bond acceptors (Lipinski definition) is 6. The van der Waals surface area contributed by atoms with Crippen LogP contribution in [0.4, 0.5) is 0 Å². The van der Waals surface area contributed by atoms with E-state index < -0.39 is 29.7 Å². The molecule has 1 radical (unpaired) electrons. The SMILES string of the molecule is CCCCCCCCCCCCCCCCCCOS(=O)(=O)OCC(O)CO.[Na]. The molecule has 0 aliphatic heterocycles. The van der Waals surface area contributed by atoms with E-state index in [0.717, 1.165) is 12.8 Å². The molecule has 0 spiro atoms. The average molecular weight is 448 g/mol. The second-order valence-corrected chi connectivity index (χ2v) is 8.94. The predicted molar refractivity (Wildman–Crippen MR) is 119 cm³/mol. The normalized spacial score (nSPS) is 12.7. The third-order valence-electron chi connectivity index (χ3n) is 4.84. The molecule has 8 heteroatoms. The fraction of sp³-hybridized carbons (Fsp3) is 1.00. The van der Waals surface area contributed by atoms with Gasteiger partial charge >= 0.3 is 10.4 Å². The summed E-state index contributed by atoms with van der Waals surface area (Å²) < 4.78 is 31.9. The van der Waals surface area contributed by atoms with E-state index in [2.05, 4.69) is 11.1 Å². The molecule has 0 saturated heterocycles. The van der Waals surface area contributed by atoms with Gasteiger partial charge in [0.25, 0.3) is 0 Å². The second-order valence-electron chi connectivity index (χ2n) is 7.65. The summed E-state index contributed by atoms with van der Waals surface area (Å²) in [7, 11) is -4.08. The third-order valence-corrected chi connectivity index (χ3v) is 5.72. The molecule has 0 aromatic rings. The Balaban J connectivity index is 0. The van der Waals surface area contributed by atoms with E-state index in [4.69, 9.17) is 14.4 Å². The van der Waals surface area contributed by atoms with E-state index in [0.29, 0.717) is 6.42 Å². The van der Waals surface area contributed by atoms with Crippen molar-refractivity contribution in [1.82, 2.24) is 0 Å². The predicted octanol–water partition coefficient (Wildman–Crippen LogP) is 4.50. The van der Waals surface area contributed by atoms with E-state index in [-0.39, 0.29) is 36.2 Å². The molecule has 2 N–H and O–H groups in total. The van der Waals surface area contributed by atoms with Crippen LogP contribution in [0.1, 0.15) is 110 Å². The minimum Gasteiger partial charge on any atom is -0.394 e. The van der Waals surface area contributed by atoms with Gasteiger partial charge in [-0.1, -0.05) is 103 Å². The Bertz CT molecular complexity index is 419. The van der Waals surface area contributed by atoms with Crippen molar-refractivity contribution in [2.45, 2.75) is 116 Å². The molecule has 0 amide bonds. The standard InChI is InChI=1S/C21H44O6S.Na/c1-2-3-4-5-6-7-8-9-10-11-12-13-14-15-16-17-18-26-28(24,25)27-20-21(23)19-22;/h21-23H,2-20H2,1H3;. The van der Waals surface area contributed by atoms with Gasteiger partial charge in [0.15, 0.2) is 0 Å². The Morgan fingerprint density at radius 2 is 1.07 bits per heavy atom. The number of hydrogen-bond donors (Lipinski definition) is 2. The number of aliphatic hydroxyl groups is 2. The van der Waals surface area contributed by atoms with Crippen LogP contribution in [0.5, 0.6) is 0 Å². The summed E-state index contributed by atoms with van der Waals surface area (Å²) >= 11 is 0. The molecule has 0 fully saturated rings. The second kappa shape index (κ2) is 23.5. The van der Waals surface area contributed by atoms with Crippen LogP contribution in [0.15, 0.2) is 0 Å². The van der Waals surface area contributed by atoms with Crippen molar-refractivity contribution in [2.75, 3.05) is 19.8 Å². The first-order valence-corrected chi connectivity index (χ1v) is 12.7. The van der Waals surface area contributed by atoms with Crippen LogP contribution in [0.2, 0.25) is 0 Å². The Kier molecular flexibility index (Phi) is 25.9.